The van der Waals surface area contributed by atoms with Gasteiger partial charge in [0.1, 0.15) is 5.75 Å². The zero-order valence-corrected chi connectivity index (χ0v) is 12.7. The van der Waals surface area contributed by atoms with E-state index < -0.39 is 0 Å². The number of piperidine rings is 1. The van der Waals surface area contributed by atoms with Gasteiger partial charge in [-0.1, -0.05) is 18.6 Å². The van der Waals surface area contributed by atoms with E-state index in [-0.39, 0.29) is 24.4 Å². The number of nitrogens with one attached hydrogen (secondary N) is 2. The summed E-state index contributed by atoms with van der Waals surface area (Å²) in [5.41, 5.74) is 1.21. The van der Waals surface area contributed by atoms with Crippen LogP contribution in [0.4, 0.5) is 0 Å². The Morgan fingerprint density at radius 2 is 2.10 bits per heavy atom. The molecule has 1 unspecified atom stereocenters. The van der Waals surface area contributed by atoms with E-state index in [9.17, 15) is 4.79 Å². The predicted octanol–water partition coefficient (Wildman–Crippen LogP) is 1.92. The Morgan fingerprint density at radius 1 is 1.35 bits per heavy atom. The SMILES string of the molecule is COc1ccc(CCNC(=O)C2CCCCN2)cc1.Cl. The average molecular weight is 299 g/mol. The van der Waals surface area contributed by atoms with Crippen LogP contribution in [0.1, 0.15) is 24.8 Å². The molecule has 5 heteroatoms. The number of hydrogen-bond acceptors (Lipinski definition) is 3. The summed E-state index contributed by atoms with van der Waals surface area (Å²) in [4.78, 5) is 11.9. The van der Waals surface area contributed by atoms with Gasteiger partial charge in [0.25, 0.3) is 0 Å². The minimum atomic E-state index is 0. The van der Waals surface area contributed by atoms with Gasteiger partial charge in [-0.05, 0) is 43.5 Å². The molecule has 1 aliphatic rings. The second-order valence-electron chi connectivity index (χ2n) is 4.89. The Hall–Kier alpha value is -1.26. The first-order valence-electron chi connectivity index (χ1n) is 6.93. The van der Waals surface area contributed by atoms with E-state index in [2.05, 4.69) is 10.6 Å². The van der Waals surface area contributed by atoms with E-state index in [1.165, 1.54) is 12.0 Å². The first-order chi connectivity index (χ1) is 9.29. The smallest absolute Gasteiger partial charge is 0.237 e. The molecule has 2 N–H and O–H groups in total. The van der Waals surface area contributed by atoms with Gasteiger partial charge in [0.05, 0.1) is 13.2 Å². The molecule has 0 saturated carbocycles. The number of methoxy groups -OCH3 is 1. The summed E-state index contributed by atoms with van der Waals surface area (Å²) in [5.74, 6) is 0.993. The molecule has 1 aromatic carbocycles. The second kappa shape index (κ2) is 8.82. The molecule has 1 atom stereocenters. The van der Waals surface area contributed by atoms with E-state index in [1.807, 2.05) is 24.3 Å². The molecule has 0 spiro atoms. The number of amides is 1. The second-order valence-corrected chi connectivity index (χ2v) is 4.89. The summed E-state index contributed by atoms with van der Waals surface area (Å²) in [6.07, 6.45) is 4.12. The molecule has 4 nitrogen and oxygen atoms in total. The molecule has 1 fully saturated rings. The van der Waals surface area contributed by atoms with Crippen LogP contribution < -0.4 is 15.4 Å². The number of hydrogen-bond donors (Lipinski definition) is 2. The van der Waals surface area contributed by atoms with Crippen molar-refractivity contribution in [1.29, 1.82) is 0 Å². The summed E-state index contributed by atoms with van der Waals surface area (Å²) < 4.78 is 5.11. The van der Waals surface area contributed by atoms with Gasteiger partial charge in [0, 0.05) is 6.54 Å². The molecule has 1 amide bonds. The predicted molar refractivity (Wildman–Crippen MR) is 82.6 cm³/mol. The number of carbonyl (C=O) groups is 1. The van der Waals surface area contributed by atoms with Crippen LogP contribution >= 0.6 is 12.4 Å². The van der Waals surface area contributed by atoms with Crippen LogP contribution in [0.2, 0.25) is 0 Å². The van der Waals surface area contributed by atoms with Crippen molar-refractivity contribution >= 4 is 18.3 Å². The third-order valence-electron chi connectivity index (χ3n) is 3.50. The summed E-state index contributed by atoms with van der Waals surface area (Å²) in [7, 11) is 1.66. The highest BCUT2D eigenvalue weighted by molar-refractivity contribution is 5.85. The fourth-order valence-corrected chi connectivity index (χ4v) is 2.32. The average Bonchev–Trinajstić information content (AvgIpc) is 2.49. The van der Waals surface area contributed by atoms with Crippen molar-refractivity contribution in [2.75, 3.05) is 20.2 Å². The normalized spacial score (nSPS) is 17.9. The third kappa shape index (κ3) is 5.02. The lowest BCUT2D eigenvalue weighted by molar-refractivity contribution is -0.123. The molecule has 0 aromatic heterocycles. The van der Waals surface area contributed by atoms with Crippen molar-refractivity contribution in [3.63, 3.8) is 0 Å². The Kier molecular flexibility index (Phi) is 7.41. The maximum Gasteiger partial charge on any atom is 0.237 e. The third-order valence-corrected chi connectivity index (χ3v) is 3.50. The van der Waals surface area contributed by atoms with Crippen molar-refractivity contribution in [3.8, 4) is 5.75 Å². The van der Waals surface area contributed by atoms with Crippen LogP contribution in [0, 0.1) is 0 Å². The molecule has 1 heterocycles. The van der Waals surface area contributed by atoms with Gasteiger partial charge in [-0.15, -0.1) is 12.4 Å². The summed E-state index contributed by atoms with van der Waals surface area (Å²) in [6.45, 7) is 1.64. The van der Waals surface area contributed by atoms with E-state index in [0.717, 1.165) is 31.6 Å². The molecule has 112 valence electrons. The van der Waals surface area contributed by atoms with Crippen molar-refractivity contribution in [2.45, 2.75) is 31.7 Å². The van der Waals surface area contributed by atoms with Crippen molar-refractivity contribution in [1.82, 2.24) is 10.6 Å². The Labute approximate surface area is 126 Å². The lowest BCUT2D eigenvalue weighted by Crippen LogP contribution is -2.47. The van der Waals surface area contributed by atoms with E-state index in [1.54, 1.807) is 7.11 Å². The summed E-state index contributed by atoms with van der Waals surface area (Å²) in [5, 5.41) is 6.25. The number of ether oxygens (including phenoxy) is 1. The molecule has 0 radical (unpaired) electrons. The van der Waals surface area contributed by atoms with Crippen molar-refractivity contribution in [3.05, 3.63) is 29.8 Å². The molecule has 1 aliphatic heterocycles. The van der Waals surface area contributed by atoms with Gasteiger partial charge in [-0.3, -0.25) is 4.79 Å². The zero-order valence-electron chi connectivity index (χ0n) is 11.9. The topological polar surface area (TPSA) is 50.4 Å². The van der Waals surface area contributed by atoms with Crippen LogP contribution in [-0.2, 0) is 11.2 Å². The van der Waals surface area contributed by atoms with Crippen LogP contribution in [0.3, 0.4) is 0 Å². The molecule has 0 aliphatic carbocycles. The number of carbonyl (C=O) groups excluding carboxylic acids is 1. The van der Waals surface area contributed by atoms with Gasteiger partial charge in [-0.25, -0.2) is 0 Å². The van der Waals surface area contributed by atoms with Gasteiger partial charge in [-0.2, -0.15) is 0 Å². The summed E-state index contributed by atoms with van der Waals surface area (Å²) >= 11 is 0. The first-order valence-corrected chi connectivity index (χ1v) is 6.93. The summed E-state index contributed by atoms with van der Waals surface area (Å²) in [6, 6.07) is 7.96. The maximum absolute atomic E-state index is 11.9. The highest BCUT2D eigenvalue weighted by atomic mass is 35.5. The van der Waals surface area contributed by atoms with Crippen LogP contribution in [0.15, 0.2) is 24.3 Å². The van der Waals surface area contributed by atoms with E-state index in [4.69, 9.17) is 4.74 Å². The Bertz CT molecular complexity index is 403. The fraction of sp³-hybridized carbons (Fsp3) is 0.533. The largest absolute Gasteiger partial charge is 0.497 e. The minimum Gasteiger partial charge on any atom is -0.497 e. The molecule has 1 saturated heterocycles. The Balaban J connectivity index is 0.00000200. The monoisotopic (exact) mass is 298 g/mol. The van der Waals surface area contributed by atoms with E-state index >= 15 is 0 Å². The molecular weight excluding hydrogens is 276 g/mol. The quantitative estimate of drug-likeness (QED) is 0.873. The molecule has 20 heavy (non-hydrogen) atoms. The zero-order chi connectivity index (χ0) is 13.5. The molecule has 2 rings (SSSR count). The number of benzene rings is 1. The molecule has 1 aromatic rings. The van der Waals surface area contributed by atoms with Crippen LogP contribution in [-0.4, -0.2) is 32.1 Å². The van der Waals surface area contributed by atoms with Gasteiger partial charge in [0.2, 0.25) is 5.91 Å². The standard InChI is InChI=1S/C15H22N2O2.ClH/c1-19-13-7-5-12(6-8-13)9-11-17-15(18)14-4-2-3-10-16-14;/h5-8,14,16H,2-4,9-11H2,1H3,(H,17,18);1H. The van der Waals surface area contributed by atoms with Crippen LogP contribution in [0.25, 0.3) is 0 Å². The van der Waals surface area contributed by atoms with Crippen molar-refractivity contribution < 1.29 is 9.53 Å². The maximum atomic E-state index is 11.9. The lowest BCUT2D eigenvalue weighted by Gasteiger charge is -2.22. The minimum absolute atomic E-state index is 0. The van der Waals surface area contributed by atoms with E-state index in [0.29, 0.717) is 6.54 Å². The Morgan fingerprint density at radius 3 is 2.70 bits per heavy atom. The number of rotatable bonds is 5. The van der Waals surface area contributed by atoms with Gasteiger partial charge in [0.15, 0.2) is 0 Å². The highest BCUT2D eigenvalue weighted by Gasteiger charge is 2.19. The first kappa shape index (κ1) is 16.8. The number of halogens is 1. The fourth-order valence-electron chi connectivity index (χ4n) is 2.32. The van der Waals surface area contributed by atoms with Crippen LogP contribution in [0.5, 0.6) is 5.75 Å². The molecule has 0 bridgehead atoms. The highest BCUT2D eigenvalue weighted by Crippen LogP contribution is 2.11. The van der Waals surface area contributed by atoms with Gasteiger partial charge >= 0.3 is 0 Å². The van der Waals surface area contributed by atoms with Crippen molar-refractivity contribution in [2.24, 2.45) is 0 Å². The lowest BCUT2D eigenvalue weighted by atomic mass is 10.0. The van der Waals surface area contributed by atoms with Gasteiger partial charge < -0.3 is 15.4 Å². The molecular formula is C15H23ClN2O2.